The smallest absolute Gasteiger partial charge is 0.255 e. The van der Waals surface area contributed by atoms with Gasteiger partial charge in [-0.1, -0.05) is 30.3 Å². The minimum absolute atomic E-state index is 0.161. The van der Waals surface area contributed by atoms with Crippen molar-refractivity contribution >= 4 is 28.4 Å². The number of hydrogen-bond donors (Lipinski definition) is 2. The minimum atomic E-state index is -0.161. The molecule has 152 valence electrons. The van der Waals surface area contributed by atoms with Crippen molar-refractivity contribution in [3.05, 3.63) is 53.7 Å². The van der Waals surface area contributed by atoms with E-state index >= 15 is 0 Å². The number of amides is 1. The Kier molecular flexibility index (Phi) is 6.49. The number of benzene rings is 2. The molecule has 7 nitrogen and oxygen atoms in total. The largest absolute Gasteiger partial charge is 0.493 e. The van der Waals surface area contributed by atoms with Crippen LogP contribution in [0, 0.1) is 6.92 Å². The summed E-state index contributed by atoms with van der Waals surface area (Å²) in [6.07, 6.45) is 0. The first-order valence-corrected chi connectivity index (χ1v) is 9.69. The molecule has 0 unspecified atom stereocenters. The average molecular weight is 393 g/mol. The molecule has 0 fully saturated rings. The topological polar surface area (TPSA) is 79.4 Å². The number of rotatable bonds is 8. The molecule has 0 aliphatic carbocycles. The van der Waals surface area contributed by atoms with Crippen LogP contribution in [0.2, 0.25) is 0 Å². The lowest BCUT2D eigenvalue weighted by atomic mass is 10.0. The Morgan fingerprint density at radius 1 is 1.10 bits per heavy atom. The molecule has 7 heteroatoms. The van der Waals surface area contributed by atoms with E-state index in [-0.39, 0.29) is 5.91 Å². The summed E-state index contributed by atoms with van der Waals surface area (Å²) in [4.78, 5) is 23.7. The van der Waals surface area contributed by atoms with Gasteiger partial charge in [-0.25, -0.2) is 4.98 Å². The van der Waals surface area contributed by atoms with Crippen LogP contribution >= 0.6 is 0 Å². The van der Waals surface area contributed by atoms with Crippen LogP contribution in [0.4, 0.5) is 11.8 Å². The van der Waals surface area contributed by atoms with Crippen LogP contribution in [-0.4, -0.2) is 49.7 Å². The molecule has 0 aliphatic rings. The van der Waals surface area contributed by atoms with E-state index in [1.54, 1.807) is 0 Å². The van der Waals surface area contributed by atoms with Crippen LogP contribution < -0.4 is 20.3 Å². The maximum Gasteiger partial charge on any atom is 0.255 e. The first-order valence-electron chi connectivity index (χ1n) is 9.69. The number of nitrogens with zero attached hydrogens (tertiary/aromatic N) is 3. The van der Waals surface area contributed by atoms with Crippen molar-refractivity contribution in [2.45, 2.75) is 13.8 Å². The first-order chi connectivity index (χ1) is 14.0. The number of aryl methyl sites for hydroxylation is 1. The van der Waals surface area contributed by atoms with E-state index in [1.165, 1.54) is 0 Å². The predicted molar refractivity (Wildman–Crippen MR) is 117 cm³/mol. The van der Waals surface area contributed by atoms with Gasteiger partial charge in [-0.05, 0) is 30.7 Å². The Hall–Kier alpha value is -3.35. The number of carbonyl (C=O) groups is 1. The molecule has 2 N–H and O–H groups in total. The van der Waals surface area contributed by atoms with E-state index < -0.39 is 0 Å². The zero-order valence-corrected chi connectivity index (χ0v) is 17.3. The Morgan fingerprint density at radius 3 is 2.66 bits per heavy atom. The van der Waals surface area contributed by atoms with Crippen molar-refractivity contribution in [2.75, 3.05) is 44.0 Å². The maximum atomic E-state index is 12.9. The van der Waals surface area contributed by atoms with Crippen LogP contribution in [0.1, 0.15) is 23.0 Å². The molecule has 0 atom stereocenters. The standard InChI is InChI=1S/C22H27N5O2/c1-5-29-18-11-10-16-8-6-7-9-17(16)20(18)21(28)23-12-13-24-22-25-15(2)14-19(26-22)27(3)4/h6-11,14H,5,12-13H2,1-4H3,(H,23,28)(H,24,25,26). The summed E-state index contributed by atoms with van der Waals surface area (Å²) < 4.78 is 5.69. The van der Waals surface area contributed by atoms with E-state index in [9.17, 15) is 4.79 Å². The second-order valence-electron chi connectivity index (χ2n) is 6.86. The van der Waals surface area contributed by atoms with E-state index in [1.807, 2.05) is 75.3 Å². The van der Waals surface area contributed by atoms with E-state index in [0.29, 0.717) is 37.0 Å². The number of fused-ring (bicyclic) bond motifs is 1. The third-order valence-electron chi connectivity index (χ3n) is 4.41. The van der Waals surface area contributed by atoms with Gasteiger partial charge in [-0.3, -0.25) is 4.79 Å². The van der Waals surface area contributed by atoms with E-state index in [0.717, 1.165) is 22.3 Å². The normalized spacial score (nSPS) is 10.6. The average Bonchev–Trinajstić information content (AvgIpc) is 2.70. The lowest BCUT2D eigenvalue weighted by Crippen LogP contribution is -2.29. The minimum Gasteiger partial charge on any atom is -0.493 e. The zero-order chi connectivity index (χ0) is 20.8. The fraction of sp³-hybridized carbons (Fsp3) is 0.318. The molecule has 3 aromatic rings. The molecule has 1 heterocycles. The third kappa shape index (κ3) is 4.93. The van der Waals surface area contributed by atoms with Crippen molar-refractivity contribution in [1.29, 1.82) is 0 Å². The van der Waals surface area contributed by atoms with Gasteiger partial charge in [0.25, 0.3) is 5.91 Å². The zero-order valence-electron chi connectivity index (χ0n) is 17.3. The van der Waals surface area contributed by atoms with Crippen molar-refractivity contribution < 1.29 is 9.53 Å². The summed E-state index contributed by atoms with van der Waals surface area (Å²) >= 11 is 0. The van der Waals surface area contributed by atoms with Crippen molar-refractivity contribution in [1.82, 2.24) is 15.3 Å². The second-order valence-corrected chi connectivity index (χ2v) is 6.86. The second kappa shape index (κ2) is 9.23. The number of anilines is 2. The van der Waals surface area contributed by atoms with Gasteiger partial charge in [0.15, 0.2) is 0 Å². The molecule has 0 aliphatic heterocycles. The van der Waals surface area contributed by atoms with Gasteiger partial charge in [0, 0.05) is 38.9 Å². The van der Waals surface area contributed by atoms with Crippen LogP contribution in [0.3, 0.4) is 0 Å². The summed E-state index contributed by atoms with van der Waals surface area (Å²) in [5, 5.41) is 8.01. The van der Waals surface area contributed by atoms with Crippen molar-refractivity contribution in [3.63, 3.8) is 0 Å². The molecule has 0 bridgehead atoms. The Morgan fingerprint density at radius 2 is 1.90 bits per heavy atom. The highest BCUT2D eigenvalue weighted by atomic mass is 16.5. The van der Waals surface area contributed by atoms with E-state index in [4.69, 9.17) is 4.74 Å². The highest BCUT2D eigenvalue weighted by molar-refractivity contribution is 6.09. The van der Waals surface area contributed by atoms with Gasteiger partial charge in [-0.15, -0.1) is 0 Å². The third-order valence-corrected chi connectivity index (χ3v) is 4.41. The molecular weight excluding hydrogens is 366 g/mol. The Labute approximate surface area is 171 Å². The van der Waals surface area contributed by atoms with Gasteiger partial charge < -0.3 is 20.3 Å². The van der Waals surface area contributed by atoms with Gasteiger partial charge in [-0.2, -0.15) is 4.98 Å². The number of hydrogen-bond acceptors (Lipinski definition) is 6. The lowest BCUT2D eigenvalue weighted by Gasteiger charge is -2.15. The molecule has 0 radical (unpaired) electrons. The molecule has 29 heavy (non-hydrogen) atoms. The van der Waals surface area contributed by atoms with Gasteiger partial charge in [0.05, 0.1) is 12.2 Å². The van der Waals surface area contributed by atoms with Gasteiger partial charge >= 0.3 is 0 Å². The first kappa shape index (κ1) is 20.4. The quantitative estimate of drug-likeness (QED) is 0.572. The van der Waals surface area contributed by atoms with Crippen molar-refractivity contribution in [3.8, 4) is 5.75 Å². The predicted octanol–water partition coefficient (Wildman–Crippen LogP) is 3.24. The van der Waals surface area contributed by atoms with Crippen molar-refractivity contribution in [2.24, 2.45) is 0 Å². The molecule has 2 aromatic carbocycles. The highest BCUT2D eigenvalue weighted by Crippen LogP contribution is 2.28. The van der Waals surface area contributed by atoms with Gasteiger partial charge in [0.1, 0.15) is 11.6 Å². The maximum absolute atomic E-state index is 12.9. The molecule has 1 aromatic heterocycles. The fourth-order valence-corrected chi connectivity index (χ4v) is 3.06. The van der Waals surface area contributed by atoms with Crippen LogP contribution in [-0.2, 0) is 0 Å². The Balaban J connectivity index is 1.68. The molecule has 0 saturated carbocycles. The number of carbonyl (C=O) groups excluding carboxylic acids is 1. The molecule has 0 saturated heterocycles. The highest BCUT2D eigenvalue weighted by Gasteiger charge is 2.16. The molecular formula is C22H27N5O2. The Bertz CT molecular complexity index is 1000. The monoisotopic (exact) mass is 393 g/mol. The summed E-state index contributed by atoms with van der Waals surface area (Å²) in [5.41, 5.74) is 1.44. The van der Waals surface area contributed by atoms with Crippen LogP contribution in [0.15, 0.2) is 42.5 Å². The summed E-state index contributed by atoms with van der Waals surface area (Å²) in [6.45, 7) is 5.28. The lowest BCUT2D eigenvalue weighted by molar-refractivity contribution is 0.0953. The number of aromatic nitrogens is 2. The fourth-order valence-electron chi connectivity index (χ4n) is 3.06. The molecule has 0 spiro atoms. The summed E-state index contributed by atoms with van der Waals surface area (Å²) in [7, 11) is 3.87. The summed E-state index contributed by atoms with van der Waals surface area (Å²) in [6, 6.07) is 13.5. The van der Waals surface area contributed by atoms with E-state index in [2.05, 4.69) is 20.6 Å². The summed E-state index contributed by atoms with van der Waals surface area (Å²) in [5.74, 6) is 1.81. The van der Waals surface area contributed by atoms with Gasteiger partial charge in [0.2, 0.25) is 5.95 Å². The van der Waals surface area contributed by atoms with Crippen LogP contribution in [0.5, 0.6) is 5.75 Å². The SMILES string of the molecule is CCOc1ccc2ccccc2c1C(=O)NCCNc1nc(C)cc(N(C)C)n1. The molecule has 1 amide bonds. The molecule has 3 rings (SSSR count). The number of nitrogens with one attached hydrogen (secondary N) is 2. The van der Waals surface area contributed by atoms with Crippen LogP contribution in [0.25, 0.3) is 10.8 Å². The number of ether oxygens (including phenoxy) is 1.